The second-order valence-corrected chi connectivity index (χ2v) is 7.71. The van der Waals surface area contributed by atoms with Gasteiger partial charge in [-0.25, -0.2) is 4.79 Å². The lowest BCUT2D eigenvalue weighted by molar-refractivity contribution is 0.0468. The molecule has 2 aromatic rings. The number of esters is 1. The molecule has 3 heterocycles. The number of nitrogens with zero attached hydrogens (tertiary/aromatic N) is 1. The second kappa shape index (κ2) is 8.37. The molecule has 7 nitrogen and oxygen atoms in total. The quantitative estimate of drug-likeness (QED) is 0.568. The highest BCUT2D eigenvalue weighted by Gasteiger charge is 2.24. The van der Waals surface area contributed by atoms with E-state index in [1.165, 1.54) is 6.92 Å². The van der Waals surface area contributed by atoms with Gasteiger partial charge in [0.1, 0.15) is 5.69 Å². The molecule has 0 unspecified atom stereocenters. The molecule has 0 radical (unpaired) electrons. The van der Waals surface area contributed by atoms with E-state index in [-0.39, 0.29) is 30.0 Å². The van der Waals surface area contributed by atoms with Crippen LogP contribution in [0.3, 0.4) is 0 Å². The number of nitrogens with one attached hydrogen (secondary N) is 1. The number of H-pyrrole nitrogens is 1. The number of aryl methyl sites for hydroxylation is 2. The van der Waals surface area contributed by atoms with E-state index >= 15 is 0 Å². The third kappa shape index (κ3) is 4.19. The fourth-order valence-corrected chi connectivity index (χ4v) is 4.12. The van der Waals surface area contributed by atoms with Gasteiger partial charge in [0.25, 0.3) is 0 Å². The lowest BCUT2D eigenvalue weighted by Gasteiger charge is -2.14. The second-order valence-electron chi connectivity index (χ2n) is 7.71. The summed E-state index contributed by atoms with van der Waals surface area (Å²) in [7, 11) is 0. The zero-order valence-corrected chi connectivity index (χ0v) is 17.7. The number of aromatic nitrogens is 2. The van der Waals surface area contributed by atoms with Crippen molar-refractivity contribution in [3.05, 3.63) is 45.5 Å². The van der Waals surface area contributed by atoms with E-state index < -0.39 is 5.97 Å². The smallest absolute Gasteiger partial charge is 0.355 e. The summed E-state index contributed by atoms with van der Waals surface area (Å²) in [6.45, 7) is 9.89. The maximum atomic E-state index is 12.7. The van der Waals surface area contributed by atoms with Gasteiger partial charge in [0.2, 0.25) is 5.78 Å². The number of carbonyl (C=O) groups excluding carboxylic acids is 3. The minimum atomic E-state index is -0.639. The zero-order chi connectivity index (χ0) is 21.3. The van der Waals surface area contributed by atoms with Gasteiger partial charge in [-0.1, -0.05) is 0 Å². The summed E-state index contributed by atoms with van der Waals surface area (Å²) < 4.78 is 13.0. The Morgan fingerprint density at radius 1 is 1.24 bits per heavy atom. The molecule has 1 atom stereocenters. The van der Waals surface area contributed by atoms with Crippen LogP contribution in [0.4, 0.5) is 0 Å². The lowest BCUT2D eigenvalue weighted by atomic mass is 10.1. The SMILES string of the molecule is CC(=O)c1c(C)[nH]c(C(=O)OCC(=O)c2cc(C)n(C[C@H]3CCCO3)c2C)c1C. The Morgan fingerprint density at radius 2 is 1.97 bits per heavy atom. The van der Waals surface area contributed by atoms with Crippen molar-refractivity contribution in [2.24, 2.45) is 0 Å². The van der Waals surface area contributed by atoms with Gasteiger partial charge in [-0.05, 0) is 59.1 Å². The third-order valence-electron chi connectivity index (χ3n) is 5.61. The van der Waals surface area contributed by atoms with Crippen LogP contribution in [0.25, 0.3) is 0 Å². The Hall–Kier alpha value is -2.67. The lowest BCUT2D eigenvalue weighted by Crippen LogP contribution is -2.18. The van der Waals surface area contributed by atoms with Crippen LogP contribution in [0.2, 0.25) is 0 Å². The van der Waals surface area contributed by atoms with Crippen LogP contribution in [0.5, 0.6) is 0 Å². The molecule has 0 aromatic carbocycles. The van der Waals surface area contributed by atoms with Crippen molar-refractivity contribution in [1.29, 1.82) is 0 Å². The van der Waals surface area contributed by atoms with Gasteiger partial charge in [-0.3, -0.25) is 9.59 Å². The van der Waals surface area contributed by atoms with E-state index in [0.717, 1.165) is 37.4 Å². The van der Waals surface area contributed by atoms with Gasteiger partial charge < -0.3 is 19.0 Å². The predicted octanol–water partition coefficient (Wildman–Crippen LogP) is 3.47. The molecule has 29 heavy (non-hydrogen) atoms. The van der Waals surface area contributed by atoms with Crippen LogP contribution in [0.15, 0.2) is 6.07 Å². The summed E-state index contributed by atoms with van der Waals surface area (Å²) in [5.41, 5.74) is 4.25. The summed E-state index contributed by atoms with van der Waals surface area (Å²) in [6, 6.07) is 1.83. The Labute approximate surface area is 170 Å². The van der Waals surface area contributed by atoms with Gasteiger partial charge in [0, 0.05) is 41.4 Å². The average molecular weight is 400 g/mol. The number of rotatable bonds is 7. The first-order chi connectivity index (χ1) is 13.7. The van der Waals surface area contributed by atoms with Crippen molar-refractivity contribution in [2.75, 3.05) is 13.2 Å². The van der Waals surface area contributed by atoms with Gasteiger partial charge >= 0.3 is 5.97 Å². The molecule has 1 aliphatic heterocycles. The molecule has 1 fully saturated rings. The third-order valence-corrected chi connectivity index (χ3v) is 5.61. The van der Waals surface area contributed by atoms with E-state index in [2.05, 4.69) is 9.55 Å². The van der Waals surface area contributed by atoms with Crippen LogP contribution in [0, 0.1) is 27.7 Å². The van der Waals surface area contributed by atoms with E-state index in [1.54, 1.807) is 13.8 Å². The predicted molar refractivity (Wildman–Crippen MR) is 108 cm³/mol. The Kier molecular flexibility index (Phi) is 6.07. The maximum Gasteiger partial charge on any atom is 0.355 e. The molecule has 2 aromatic heterocycles. The Balaban J connectivity index is 1.69. The van der Waals surface area contributed by atoms with Crippen LogP contribution in [-0.4, -0.2) is 46.4 Å². The van der Waals surface area contributed by atoms with Crippen LogP contribution in [-0.2, 0) is 16.0 Å². The molecule has 0 bridgehead atoms. The molecule has 0 spiro atoms. The number of hydrogen-bond donors (Lipinski definition) is 1. The van der Waals surface area contributed by atoms with Crippen molar-refractivity contribution in [3.8, 4) is 0 Å². The monoisotopic (exact) mass is 400 g/mol. The molecule has 7 heteroatoms. The fraction of sp³-hybridized carbons (Fsp3) is 0.500. The van der Waals surface area contributed by atoms with Crippen LogP contribution in [0.1, 0.15) is 73.6 Å². The van der Waals surface area contributed by atoms with E-state index in [0.29, 0.717) is 22.4 Å². The molecular formula is C22H28N2O5. The standard InChI is InChI=1S/C22H28N2O5/c1-12-9-18(15(4)24(12)10-17-7-6-8-28-17)19(26)11-29-22(27)21-13(2)20(16(5)25)14(3)23-21/h9,17,23H,6-8,10-11H2,1-5H3/t17-/m1/s1. The average Bonchev–Trinajstić information content (AvgIpc) is 3.34. The van der Waals surface area contributed by atoms with Crippen molar-refractivity contribution in [3.63, 3.8) is 0 Å². The van der Waals surface area contributed by atoms with Crippen molar-refractivity contribution >= 4 is 17.5 Å². The topological polar surface area (TPSA) is 90.4 Å². The van der Waals surface area contributed by atoms with E-state index in [9.17, 15) is 14.4 Å². The highest BCUT2D eigenvalue weighted by atomic mass is 16.5. The molecule has 1 saturated heterocycles. The molecule has 3 rings (SSSR count). The van der Waals surface area contributed by atoms with Crippen molar-refractivity contribution < 1.29 is 23.9 Å². The molecular weight excluding hydrogens is 372 g/mol. The number of aromatic amines is 1. The molecule has 1 aliphatic rings. The molecule has 0 aliphatic carbocycles. The first-order valence-corrected chi connectivity index (χ1v) is 9.89. The highest BCUT2D eigenvalue weighted by Crippen LogP contribution is 2.22. The fourth-order valence-electron chi connectivity index (χ4n) is 4.12. The number of carbonyl (C=O) groups is 3. The van der Waals surface area contributed by atoms with Gasteiger partial charge in [-0.2, -0.15) is 0 Å². The number of ether oxygens (including phenoxy) is 2. The number of Topliss-reactive ketones (excluding diaryl/α,β-unsaturated/α-hetero) is 2. The zero-order valence-electron chi connectivity index (χ0n) is 17.7. The molecule has 1 N–H and O–H groups in total. The maximum absolute atomic E-state index is 12.7. The van der Waals surface area contributed by atoms with Gasteiger partial charge in [0.05, 0.1) is 6.10 Å². The number of hydrogen-bond acceptors (Lipinski definition) is 5. The summed E-state index contributed by atoms with van der Waals surface area (Å²) in [5, 5.41) is 0. The first-order valence-electron chi connectivity index (χ1n) is 9.89. The summed E-state index contributed by atoms with van der Waals surface area (Å²) in [5.74, 6) is -1.01. The van der Waals surface area contributed by atoms with Crippen molar-refractivity contribution in [1.82, 2.24) is 9.55 Å². The molecule has 0 saturated carbocycles. The molecule has 156 valence electrons. The van der Waals surface area contributed by atoms with Crippen molar-refractivity contribution in [2.45, 2.75) is 60.1 Å². The largest absolute Gasteiger partial charge is 0.453 e. The Bertz CT molecular complexity index is 960. The van der Waals surface area contributed by atoms with Gasteiger partial charge in [-0.15, -0.1) is 0 Å². The summed E-state index contributed by atoms with van der Waals surface area (Å²) in [4.78, 5) is 39.8. The van der Waals surface area contributed by atoms with Crippen LogP contribution >= 0.6 is 0 Å². The van der Waals surface area contributed by atoms with Gasteiger partial charge in [0.15, 0.2) is 12.4 Å². The highest BCUT2D eigenvalue weighted by molar-refractivity contribution is 6.03. The minimum Gasteiger partial charge on any atom is -0.453 e. The first kappa shape index (κ1) is 21.0. The Morgan fingerprint density at radius 3 is 2.55 bits per heavy atom. The summed E-state index contributed by atoms with van der Waals surface area (Å²) >= 11 is 0. The van der Waals surface area contributed by atoms with Crippen LogP contribution < -0.4 is 0 Å². The van der Waals surface area contributed by atoms with E-state index in [1.807, 2.05) is 19.9 Å². The normalized spacial score (nSPS) is 16.2. The number of ketones is 2. The molecule has 0 amide bonds. The summed E-state index contributed by atoms with van der Waals surface area (Å²) in [6.07, 6.45) is 2.26. The van der Waals surface area contributed by atoms with E-state index in [4.69, 9.17) is 9.47 Å². The minimum absolute atomic E-state index is 0.120.